The third-order valence-electron chi connectivity index (χ3n) is 6.31. The van der Waals surface area contributed by atoms with Gasteiger partial charge in [-0.25, -0.2) is 9.50 Å². The third-order valence-corrected chi connectivity index (χ3v) is 7.52. The molecule has 2 aromatic carbocycles. The highest BCUT2D eigenvalue weighted by atomic mass is 32.1. The minimum Gasteiger partial charge on any atom is -0.311 e. The van der Waals surface area contributed by atoms with Crippen molar-refractivity contribution in [1.29, 1.82) is 5.26 Å². The minimum atomic E-state index is -0.342. The topological polar surface area (TPSA) is 83.1 Å². The van der Waals surface area contributed by atoms with Gasteiger partial charge < -0.3 is 5.32 Å². The molecule has 3 aromatic heterocycles. The van der Waals surface area contributed by atoms with E-state index < -0.39 is 0 Å². The number of benzene rings is 2. The summed E-state index contributed by atoms with van der Waals surface area (Å²) in [5, 5.41) is 17.9. The minimum absolute atomic E-state index is 0.259. The second-order valence-corrected chi connectivity index (χ2v) is 9.64. The van der Waals surface area contributed by atoms with E-state index in [2.05, 4.69) is 16.5 Å². The smallest absolute Gasteiger partial charge is 0.276 e. The van der Waals surface area contributed by atoms with E-state index in [-0.39, 0.29) is 11.6 Å². The summed E-state index contributed by atoms with van der Waals surface area (Å²) in [5.74, 6) is -0.342. The number of thiophene rings is 1. The molecule has 0 radical (unpaired) electrons. The van der Waals surface area contributed by atoms with Gasteiger partial charge in [-0.2, -0.15) is 10.4 Å². The molecule has 6 rings (SSSR count). The molecule has 170 valence electrons. The fourth-order valence-corrected chi connectivity index (χ4v) is 5.83. The SMILES string of the molecule is N#Cc1c(NC(=O)c2cc3nc(-c4ccccc4)cc(-c4ccccc4)n3n2)sc2c1CCCC2. The lowest BCUT2D eigenvalue weighted by atomic mass is 9.96. The molecule has 0 saturated carbocycles. The zero-order chi connectivity index (χ0) is 23.8. The maximum Gasteiger partial charge on any atom is 0.276 e. The Kier molecular flexibility index (Phi) is 5.36. The van der Waals surface area contributed by atoms with Gasteiger partial charge in [-0.1, -0.05) is 60.7 Å². The summed E-state index contributed by atoms with van der Waals surface area (Å²) in [4.78, 5) is 19.3. The second kappa shape index (κ2) is 8.82. The molecule has 0 bridgehead atoms. The quantitative estimate of drug-likeness (QED) is 0.339. The molecule has 0 fully saturated rings. The number of rotatable bonds is 4. The van der Waals surface area contributed by atoms with Crippen molar-refractivity contribution < 1.29 is 4.79 Å². The number of hydrogen-bond donors (Lipinski definition) is 1. The van der Waals surface area contributed by atoms with Crippen LogP contribution in [0.1, 0.15) is 39.3 Å². The molecular weight excluding hydrogens is 454 g/mol. The molecule has 3 heterocycles. The number of nitrogens with one attached hydrogen (secondary N) is 1. The molecule has 0 unspecified atom stereocenters. The molecular formula is C28H21N5OS. The van der Waals surface area contributed by atoms with Gasteiger partial charge in [-0.15, -0.1) is 11.3 Å². The van der Waals surface area contributed by atoms with Crippen molar-refractivity contribution in [2.24, 2.45) is 0 Å². The molecule has 1 N–H and O–H groups in total. The number of hydrogen-bond acceptors (Lipinski definition) is 5. The number of carbonyl (C=O) groups is 1. The van der Waals surface area contributed by atoms with Gasteiger partial charge in [0.05, 0.1) is 17.0 Å². The van der Waals surface area contributed by atoms with E-state index in [9.17, 15) is 10.1 Å². The van der Waals surface area contributed by atoms with E-state index in [4.69, 9.17) is 4.98 Å². The zero-order valence-corrected chi connectivity index (χ0v) is 19.7. The second-order valence-electron chi connectivity index (χ2n) is 8.54. The van der Waals surface area contributed by atoms with Gasteiger partial charge in [0.25, 0.3) is 5.91 Å². The van der Waals surface area contributed by atoms with Crippen LogP contribution < -0.4 is 5.32 Å². The first-order chi connectivity index (χ1) is 17.2. The lowest BCUT2D eigenvalue weighted by molar-refractivity contribution is 0.102. The highest BCUT2D eigenvalue weighted by molar-refractivity contribution is 7.16. The number of nitrogens with zero attached hydrogens (tertiary/aromatic N) is 4. The van der Waals surface area contributed by atoms with Crippen molar-refractivity contribution in [2.75, 3.05) is 5.32 Å². The van der Waals surface area contributed by atoms with Crippen LogP contribution in [0.15, 0.2) is 72.8 Å². The molecule has 0 atom stereocenters. The molecule has 35 heavy (non-hydrogen) atoms. The third kappa shape index (κ3) is 3.88. The van der Waals surface area contributed by atoms with Crippen molar-refractivity contribution in [2.45, 2.75) is 25.7 Å². The van der Waals surface area contributed by atoms with E-state index in [0.717, 1.165) is 53.8 Å². The Labute approximate surface area is 206 Å². The standard InChI is InChI=1S/C28H21N5OS/c29-17-21-20-13-7-8-14-25(20)35-28(21)31-27(34)23-16-26-30-22(18-9-3-1-4-10-18)15-24(33(26)32-23)19-11-5-2-6-12-19/h1-6,9-12,15-16H,7-8,13-14H2,(H,31,34). The van der Waals surface area contributed by atoms with Crippen molar-refractivity contribution in [1.82, 2.24) is 14.6 Å². The average Bonchev–Trinajstić information content (AvgIpc) is 3.50. The van der Waals surface area contributed by atoms with Gasteiger partial charge in [0.1, 0.15) is 11.1 Å². The normalized spacial score (nSPS) is 12.8. The van der Waals surface area contributed by atoms with E-state index in [1.54, 1.807) is 10.6 Å². The molecule has 1 aliphatic carbocycles. The van der Waals surface area contributed by atoms with Crippen LogP contribution in [0.5, 0.6) is 0 Å². The Morgan fingerprint density at radius 2 is 1.69 bits per heavy atom. The lowest BCUT2D eigenvalue weighted by Crippen LogP contribution is -2.13. The monoisotopic (exact) mass is 475 g/mol. The lowest BCUT2D eigenvalue weighted by Gasteiger charge is -2.09. The fraction of sp³-hybridized carbons (Fsp3) is 0.143. The summed E-state index contributed by atoms with van der Waals surface area (Å²) < 4.78 is 1.71. The van der Waals surface area contributed by atoms with Crippen LogP contribution in [0.2, 0.25) is 0 Å². The fourth-order valence-electron chi connectivity index (χ4n) is 4.60. The Morgan fingerprint density at radius 3 is 2.43 bits per heavy atom. The molecule has 6 nitrogen and oxygen atoms in total. The summed E-state index contributed by atoms with van der Waals surface area (Å²) >= 11 is 1.51. The van der Waals surface area contributed by atoms with E-state index in [1.807, 2.05) is 66.7 Å². The van der Waals surface area contributed by atoms with Crippen LogP contribution in [0.3, 0.4) is 0 Å². The maximum atomic E-state index is 13.2. The number of aryl methyl sites for hydroxylation is 1. The molecule has 1 amide bonds. The molecule has 0 saturated heterocycles. The predicted molar refractivity (Wildman–Crippen MR) is 137 cm³/mol. The Morgan fingerprint density at radius 1 is 0.971 bits per heavy atom. The summed E-state index contributed by atoms with van der Waals surface area (Å²) in [6.45, 7) is 0. The van der Waals surface area contributed by atoms with Crippen molar-refractivity contribution in [3.8, 4) is 28.6 Å². The van der Waals surface area contributed by atoms with Crippen LogP contribution in [0, 0.1) is 11.3 Å². The molecule has 5 aromatic rings. The van der Waals surface area contributed by atoms with E-state index >= 15 is 0 Å². The number of anilines is 1. The van der Waals surface area contributed by atoms with Gasteiger partial charge in [0.15, 0.2) is 11.3 Å². The molecule has 1 aliphatic rings. The molecule has 7 heteroatoms. The van der Waals surface area contributed by atoms with Gasteiger partial charge in [-0.05, 0) is 37.3 Å². The van der Waals surface area contributed by atoms with Crippen LogP contribution in [0.4, 0.5) is 5.00 Å². The van der Waals surface area contributed by atoms with Crippen LogP contribution in [-0.2, 0) is 12.8 Å². The summed E-state index contributed by atoms with van der Waals surface area (Å²) in [6.07, 6.45) is 4.06. The number of aromatic nitrogens is 3. The highest BCUT2D eigenvalue weighted by Crippen LogP contribution is 2.38. The first kappa shape index (κ1) is 21.3. The van der Waals surface area contributed by atoms with Crippen molar-refractivity contribution >= 4 is 27.9 Å². The van der Waals surface area contributed by atoms with E-state index in [1.165, 1.54) is 16.2 Å². The first-order valence-electron chi connectivity index (χ1n) is 11.6. The van der Waals surface area contributed by atoms with Gasteiger partial charge >= 0.3 is 0 Å². The maximum absolute atomic E-state index is 13.2. The first-order valence-corrected chi connectivity index (χ1v) is 12.4. The zero-order valence-electron chi connectivity index (χ0n) is 18.9. The number of carbonyl (C=O) groups excluding carboxylic acids is 1. The Bertz CT molecular complexity index is 1600. The van der Waals surface area contributed by atoms with E-state index in [0.29, 0.717) is 16.2 Å². The number of nitriles is 1. The Hall–Kier alpha value is -4.28. The van der Waals surface area contributed by atoms with Crippen molar-refractivity contribution in [3.63, 3.8) is 0 Å². The predicted octanol–water partition coefficient (Wildman–Crippen LogP) is 6.13. The number of amides is 1. The van der Waals surface area contributed by atoms with Crippen molar-refractivity contribution in [3.05, 3.63) is 94.5 Å². The number of fused-ring (bicyclic) bond motifs is 2. The largest absolute Gasteiger partial charge is 0.311 e. The summed E-state index contributed by atoms with van der Waals surface area (Å²) in [5.41, 5.74) is 6.15. The highest BCUT2D eigenvalue weighted by Gasteiger charge is 2.23. The molecule has 0 aliphatic heterocycles. The summed E-state index contributed by atoms with van der Waals surface area (Å²) in [6, 6.07) is 25.9. The Balaban J connectivity index is 1.43. The van der Waals surface area contributed by atoms with Gasteiger partial charge in [-0.3, -0.25) is 4.79 Å². The van der Waals surface area contributed by atoms with Gasteiger partial charge in [0, 0.05) is 22.1 Å². The van der Waals surface area contributed by atoms with Crippen LogP contribution in [-0.4, -0.2) is 20.5 Å². The van der Waals surface area contributed by atoms with Crippen LogP contribution >= 0.6 is 11.3 Å². The summed E-state index contributed by atoms with van der Waals surface area (Å²) in [7, 11) is 0. The van der Waals surface area contributed by atoms with Crippen LogP contribution in [0.25, 0.3) is 28.2 Å². The molecule has 0 spiro atoms. The van der Waals surface area contributed by atoms with Gasteiger partial charge in [0.2, 0.25) is 0 Å². The average molecular weight is 476 g/mol.